The van der Waals surface area contributed by atoms with Crippen molar-refractivity contribution in [3.05, 3.63) is 47.8 Å². The average molecular weight is 219 g/mol. The molecule has 0 aliphatic heterocycles. The van der Waals surface area contributed by atoms with Crippen LogP contribution < -0.4 is 0 Å². The van der Waals surface area contributed by atoms with Gasteiger partial charge in [0.15, 0.2) is 0 Å². The van der Waals surface area contributed by atoms with Crippen LogP contribution in [0.15, 0.2) is 36.5 Å². The Bertz CT molecular complexity index is 769. The summed E-state index contributed by atoms with van der Waals surface area (Å²) in [6.45, 7) is 1.83. The van der Waals surface area contributed by atoms with Crippen molar-refractivity contribution in [3.63, 3.8) is 0 Å². The Hall–Kier alpha value is -2.47. The molecule has 3 aromatic rings. The van der Waals surface area contributed by atoms with E-state index in [9.17, 15) is 0 Å². The summed E-state index contributed by atoms with van der Waals surface area (Å²) in [6.07, 6.45) is 1.77. The van der Waals surface area contributed by atoms with Crippen LogP contribution in [0.25, 0.3) is 21.8 Å². The average Bonchev–Trinajstić information content (AvgIpc) is 2.36. The molecule has 80 valence electrons. The minimum atomic E-state index is 0.563. The highest BCUT2D eigenvalue weighted by atomic mass is 14.7. The Kier molecular flexibility index (Phi) is 2.02. The molecule has 0 aliphatic rings. The normalized spacial score (nSPS) is 10.6. The highest BCUT2D eigenvalue weighted by molar-refractivity contribution is 5.94. The molecular formula is C14H9N3. The molecular weight excluding hydrogens is 210 g/mol. The molecule has 1 aromatic carbocycles. The van der Waals surface area contributed by atoms with Crippen molar-refractivity contribution in [2.75, 3.05) is 0 Å². The van der Waals surface area contributed by atoms with Crippen LogP contribution in [-0.4, -0.2) is 9.97 Å². The van der Waals surface area contributed by atoms with Crippen molar-refractivity contribution in [2.24, 2.45) is 0 Å². The Morgan fingerprint density at radius 3 is 2.82 bits per heavy atom. The Morgan fingerprint density at radius 1 is 1.18 bits per heavy atom. The zero-order chi connectivity index (χ0) is 11.8. The first kappa shape index (κ1) is 9.73. The third-order valence-corrected chi connectivity index (χ3v) is 2.86. The molecule has 0 radical (unpaired) electrons. The number of hydrogen-bond donors (Lipinski definition) is 0. The van der Waals surface area contributed by atoms with E-state index in [1.807, 2.05) is 37.3 Å². The molecule has 0 atom stereocenters. The first-order chi connectivity index (χ1) is 8.29. The van der Waals surface area contributed by atoms with Gasteiger partial charge in [-0.2, -0.15) is 5.26 Å². The van der Waals surface area contributed by atoms with Gasteiger partial charge in [0.2, 0.25) is 0 Å². The molecule has 0 unspecified atom stereocenters. The number of rotatable bonds is 0. The van der Waals surface area contributed by atoms with Gasteiger partial charge >= 0.3 is 0 Å². The summed E-state index contributed by atoms with van der Waals surface area (Å²) in [5.74, 6) is 0. The van der Waals surface area contributed by atoms with Crippen molar-refractivity contribution in [3.8, 4) is 6.07 Å². The SMILES string of the molecule is Cc1ncc2cc3ccccc3nc2c1C#N. The van der Waals surface area contributed by atoms with Gasteiger partial charge in [0.25, 0.3) is 0 Å². The molecule has 3 heteroatoms. The fourth-order valence-corrected chi connectivity index (χ4v) is 1.97. The Morgan fingerprint density at radius 2 is 2.00 bits per heavy atom. The number of benzene rings is 1. The summed E-state index contributed by atoms with van der Waals surface area (Å²) in [5, 5.41) is 11.1. The van der Waals surface area contributed by atoms with Gasteiger partial charge < -0.3 is 0 Å². The maximum Gasteiger partial charge on any atom is 0.103 e. The molecule has 2 aromatic heterocycles. The molecule has 0 saturated heterocycles. The van der Waals surface area contributed by atoms with E-state index in [1.54, 1.807) is 6.20 Å². The Labute approximate surface area is 98.4 Å². The van der Waals surface area contributed by atoms with Crippen molar-refractivity contribution in [2.45, 2.75) is 6.92 Å². The van der Waals surface area contributed by atoms with E-state index in [4.69, 9.17) is 5.26 Å². The summed E-state index contributed by atoms with van der Waals surface area (Å²) in [6, 6.07) is 12.1. The van der Waals surface area contributed by atoms with Crippen LogP contribution in [0.5, 0.6) is 0 Å². The lowest BCUT2D eigenvalue weighted by molar-refractivity contribution is 1.19. The second-order valence-electron chi connectivity index (χ2n) is 3.95. The number of para-hydroxylation sites is 1. The van der Waals surface area contributed by atoms with Crippen molar-refractivity contribution >= 4 is 21.8 Å². The van der Waals surface area contributed by atoms with Crippen LogP contribution in [-0.2, 0) is 0 Å². The maximum atomic E-state index is 9.16. The van der Waals surface area contributed by atoms with E-state index in [0.717, 1.165) is 27.5 Å². The lowest BCUT2D eigenvalue weighted by atomic mass is 10.1. The van der Waals surface area contributed by atoms with Crippen LogP contribution in [0.2, 0.25) is 0 Å². The molecule has 3 rings (SSSR count). The van der Waals surface area contributed by atoms with E-state index in [1.165, 1.54) is 0 Å². The Balaban J connectivity index is 2.53. The van der Waals surface area contributed by atoms with Crippen LogP contribution >= 0.6 is 0 Å². The van der Waals surface area contributed by atoms with E-state index in [-0.39, 0.29) is 0 Å². The van der Waals surface area contributed by atoms with Crippen molar-refractivity contribution in [1.29, 1.82) is 5.26 Å². The van der Waals surface area contributed by atoms with Gasteiger partial charge in [-0.25, -0.2) is 4.98 Å². The van der Waals surface area contributed by atoms with Gasteiger partial charge in [0.1, 0.15) is 6.07 Å². The van der Waals surface area contributed by atoms with Gasteiger partial charge in [-0.15, -0.1) is 0 Å². The number of hydrogen-bond acceptors (Lipinski definition) is 3. The molecule has 0 spiro atoms. The monoisotopic (exact) mass is 219 g/mol. The third kappa shape index (κ3) is 1.42. The topological polar surface area (TPSA) is 49.6 Å². The summed E-state index contributed by atoms with van der Waals surface area (Å²) in [7, 11) is 0. The minimum Gasteiger partial charge on any atom is -0.259 e. The molecule has 0 aliphatic carbocycles. The van der Waals surface area contributed by atoms with Gasteiger partial charge in [0.05, 0.1) is 22.3 Å². The predicted octanol–water partition coefficient (Wildman–Crippen LogP) is 2.96. The fraction of sp³-hybridized carbons (Fsp3) is 0.0714. The molecule has 0 amide bonds. The zero-order valence-electron chi connectivity index (χ0n) is 9.31. The van der Waals surface area contributed by atoms with Crippen LogP contribution in [0.3, 0.4) is 0 Å². The largest absolute Gasteiger partial charge is 0.259 e. The smallest absolute Gasteiger partial charge is 0.103 e. The first-order valence-corrected chi connectivity index (χ1v) is 5.35. The lowest BCUT2D eigenvalue weighted by Crippen LogP contribution is -1.92. The molecule has 0 N–H and O–H groups in total. The van der Waals surface area contributed by atoms with E-state index < -0.39 is 0 Å². The van der Waals surface area contributed by atoms with Crippen molar-refractivity contribution in [1.82, 2.24) is 9.97 Å². The molecule has 3 nitrogen and oxygen atoms in total. The summed E-state index contributed by atoms with van der Waals surface area (Å²) < 4.78 is 0. The zero-order valence-corrected chi connectivity index (χ0v) is 9.31. The number of pyridine rings is 2. The van der Waals surface area contributed by atoms with Crippen LogP contribution in [0, 0.1) is 18.3 Å². The van der Waals surface area contributed by atoms with Crippen molar-refractivity contribution < 1.29 is 0 Å². The number of nitriles is 1. The second-order valence-corrected chi connectivity index (χ2v) is 3.95. The summed E-state index contributed by atoms with van der Waals surface area (Å²) in [5.41, 5.74) is 2.93. The quantitative estimate of drug-likeness (QED) is 0.546. The summed E-state index contributed by atoms with van der Waals surface area (Å²) >= 11 is 0. The highest BCUT2D eigenvalue weighted by Crippen LogP contribution is 2.22. The molecule has 0 saturated carbocycles. The third-order valence-electron chi connectivity index (χ3n) is 2.86. The summed E-state index contributed by atoms with van der Waals surface area (Å²) in [4.78, 5) is 8.77. The number of aromatic nitrogens is 2. The van der Waals surface area contributed by atoms with E-state index in [2.05, 4.69) is 16.0 Å². The number of aryl methyl sites for hydroxylation is 1. The number of nitrogens with zero attached hydrogens (tertiary/aromatic N) is 3. The molecule has 2 heterocycles. The molecule has 17 heavy (non-hydrogen) atoms. The first-order valence-electron chi connectivity index (χ1n) is 5.35. The van der Waals surface area contributed by atoms with E-state index in [0.29, 0.717) is 5.56 Å². The minimum absolute atomic E-state index is 0.563. The fourth-order valence-electron chi connectivity index (χ4n) is 1.97. The highest BCUT2D eigenvalue weighted by Gasteiger charge is 2.07. The lowest BCUT2D eigenvalue weighted by Gasteiger charge is -2.04. The standard InChI is InChI=1S/C14H9N3/c1-9-12(7-15)14-11(8-16-9)6-10-4-2-3-5-13(10)17-14/h2-6,8H,1H3. The van der Waals surface area contributed by atoms with Crippen LogP contribution in [0.4, 0.5) is 0 Å². The van der Waals surface area contributed by atoms with Crippen LogP contribution in [0.1, 0.15) is 11.3 Å². The van der Waals surface area contributed by atoms with Gasteiger partial charge in [-0.1, -0.05) is 18.2 Å². The van der Waals surface area contributed by atoms with Gasteiger partial charge in [0, 0.05) is 17.0 Å². The molecule has 0 fully saturated rings. The predicted molar refractivity (Wildman–Crippen MR) is 66.5 cm³/mol. The maximum absolute atomic E-state index is 9.16. The number of fused-ring (bicyclic) bond motifs is 2. The van der Waals surface area contributed by atoms with Gasteiger partial charge in [-0.05, 0) is 19.1 Å². The second kappa shape index (κ2) is 3.53. The van der Waals surface area contributed by atoms with Gasteiger partial charge in [-0.3, -0.25) is 4.98 Å². The van der Waals surface area contributed by atoms with E-state index >= 15 is 0 Å². The molecule has 0 bridgehead atoms.